The fourth-order valence-electron chi connectivity index (χ4n) is 2.30. The molecule has 1 aromatic heterocycles. The van der Waals surface area contributed by atoms with E-state index in [4.69, 9.17) is 32.7 Å². The SMILES string of the molecule is O=C(O)C1=Cc2ccccc2OC1(Oc1cc(Cl)c(Cl)cn1)C(F)(F)F. The maximum Gasteiger partial charge on any atom is 0.473 e. The molecule has 0 aliphatic carbocycles. The van der Waals surface area contributed by atoms with Crippen molar-refractivity contribution in [1.82, 2.24) is 4.98 Å². The highest BCUT2D eigenvalue weighted by molar-refractivity contribution is 6.41. The van der Waals surface area contributed by atoms with Gasteiger partial charge in [0.1, 0.15) is 11.3 Å². The molecule has 1 aliphatic heterocycles. The van der Waals surface area contributed by atoms with Crippen LogP contribution in [0.3, 0.4) is 0 Å². The Bertz CT molecular complexity index is 917. The van der Waals surface area contributed by atoms with Crippen molar-refractivity contribution in [1.29, 1.82) is 0 Å². The molecule has 2 aromatic rings. The van der Waals surface area contributed by atoms with Crippen LogP contribution in [-0.4, -0.2) is 28.0 Å². The molecule has 0 spiro atoms. The average Bonchev–Trinajstić information content (AvgIpc) is 2.56. The number of rotatable bonds is 3. The van der Waals surface area contributed by atoms with Gasteiger partial charge in [0, 0.05) is 11.6 Å². The van der Waals surface area contributed by atoms with E-state index in [1.165, 1.54) is 24.3 Å². The zero-order valence-corrected chi connectivity index (χ0v) is 14.1. The lowest BCUT2D eigenvalue weighted by Crippen LogP contribution is -2.59. The number of hydrogen-bond donors (Lipinski definition) is 1. The van der Waals surface area contributed by atoms with Crippen LogP contribution in [0, 0.1) is 0 Å². The molecule has 10 heteroatoms. The first-order valence-electron chi connectivity index (χ1n) is 6.94. The van der Waals surface area contributed by atoms with Crippen molar-refractivity contribution < 1.29 is 32.5 Å². The lowest BCUT2D eigenvalue weighted by atomic mass is 9.98. The predicted molar refractivity (Wildman–Crippen MR) is 86.4 cm³/mol. The van der Waals surface area contributed by atoms with Crippen molar-refractivity contribution in [3.8, 4) is 11.6 Å². The molecule has 0 saturated heterocycles. The van der Waals surface area contributed by atoms with Gasteiger partial charge >= 0.3 is 17.9 Å². The summed E-state index contributed by atoms with van der Waals surface area (Å²) >= 11 is 11.5. The summed E-state index contributed by atoms with van der Waals surface area (Å²) in [4.78, 5) is 15.1. The molecule has 1 N–H and O–H groups in total. The molecular weight excluding hydrogens is 398 g/mol. The number of fused-ring (bicyclic) bond motifs is 1. The highest BCUT2D eigenvalue weighted by atomic mass is 35.5. The number of nitrogens with zero attached hydrogens (tertiary/aromatic N) is 1. The second-order valence-corrected chi connectivity index (χ2v) is 5.97. The van der Waals surface area contributed by atoms with Crippen LogP contribution in [0.5, 0.6) is 11.6 Å². The molecule has 26 heavy (non-hydrogen) atoms. The smallest absolute Gasteiger partial charge is 0.473 e. The van der Waals surface area contributed by atoms with E-state index in [-0.39, 0.29) is 21.4 Å². The van der Waals surface area contributed by atoms with Gasteiger partial charge < -0.3 is 14.6 Å². The van der Waals surface area contributed by atoms with Crippen LogP contribution in [0.2, 0.25) is 10.0 Å². The minimum atomic E-state index is -5.25. The first-order valence-corrected chi connectivity index (χ1v) is 7.70. The Morgan fingerprint density at radius 1 is 1.23 bits per heavy atom. The summed E-state index contributed by atoms with van der Waals surface area (Å²) in [5.41, 5.74) is -0.993. The van der Waals surface area contributed by atoms with Gasteiger partial charge in [-0.3, -0.25) is 0 Å². The fourth-order valence-corrected chi connectivity index (χ4v) is 2.54. The van der Waals surface area contributed by atoms with Crippen molar-refractivity contribution >= 4 is 35.2 Å². The summed E-state index contributed by atoms with van der Waals surface area (Å²) in [5, 5.41) is 9.21. The minimum Gasteiger partial charge on any atom is -0.478 e. The van der Waals surface area contributed by atoms with Crippen molar-refractivity contribution in [3.05, 3.63) is 57.7 Å². The normalized spacial score (nSPS) is 19.2. The van der Waals surface area contributed by atoms with E-state index in [9.17, 15) is 23.1 Å². The Morgan fingerprint density at radius 2 is 1.92 bits per heavy atom. The van der Waals surface area contributed by atoms with Gasteiger partial charge in [-0.05, 0) is 12.1 Å². The summed E-state index contributed by atoms with van der Waals surface area (Å²) in [6.45, 7) is 0. The Kier molecular flexibility index (Phi) is 4.49. The molecule has 1 aromatic carbocycles. The van der Waals surface area contributed by atoms with Crippen LogP contribution in [0.1, 0.15) is 5.56 Å². The van der Waals surface area contributed by atoms with E-state index in [1.807, 2.05) is 0 Å². The number of halogens is 5. The van der Waals surface area contributed by atoms with Crippen LogP contribution in [0.15, 0.2) is 42.1 Å². The molecular formula is C16H8Cl2F3NO4. The number of carboxylic acids is 1. The van der Waals surface area contributed by atoms with Crippen LogP contribution in [-0.2, 0) is 4.79 Å². The topological polar surface area (TPSA) is 68.7 Å². The quantitative estimate of drug-likeness (QED) is 0.808. The number of ether oxygens (including phenoxy) is 2. The summed E-state index contributed by atoms with van der Waals surface area (Å²) in [6, 6.07) is 6.57. The fraction of sp³-hybridized carbons (Fsp3) is 0.125. The van der Waals surface area contributed by atoms with Crippen LogP contribution in [0.4, 0.5) is 13.2 Å². The zero-order valence-electron chi connectivity index (χ0n) is 12.6. The zero-order chi connectivity index (χ0) is 19.1. The molecule has 0 saturated carbocycles. The first-order chi connectivity index (χ1) is 12.1. The summed E-state index contributed by atoms with van der Waals surface area (Å²) in [6.07, 6.45) is -3.44. The van der Waals surface area contributed by atoms with Crippen molar-refractivity contribution in [2.75, 3.05) is 0 Å². The van der Waals surface area contributed by atoms with E-state index >= 15 is 0 Å². The number of alkyl halides is 3. The lowest BCUT2D eigenvalue weighted by molar-refractivity contribution is -0.305. The van der Waals surface area contributed by atoms with Gasteiger partial charge in [0.25, 0.3) is 0 Å². The molecule has 2 heterocycles. The number of hydrogen-bond acceptors (Lipinski definition) is 4. The van der Waals surface area contributed by atoms with Crippen LogP contribution < -0.4 is 9.47 Å². The Labute approximate surface area is 154 Å². The van der Waals surface area contributed by atoms with Gasteiger partial charge in [0.15, 0.2) is 0 Å². The van der Waals surface area contributed by atoms with E-state index in [2.05, 4.69) is 4.98 Å². The number of para-hydroxylation sites is 1. The molecule has 0 amide bonds. The average molecular weight is 406 g/mol. The monoisotopic (exact) mass is 405 g/mol. The Hall–Kier alpha value is -2.45. The van der Waals surface area contributed by atoms with E-state index in [0.717, 1.165) is 18.3 Å². The number of carboxylic acid groups (broad SMARTS) is 1. The highest BCUT2D eigenvalue weighted by Gasteiger charge is 2.67. The largest absolute Gasteiger partial charge is 0.478 e. The van der Waals surface area contributed by atoms with Crippen molar-refractivity contribution in [3.63, 3.8) is 0 Å². The molecule has 3 rings (SSSR count). The number of carbonyl (C=O) groups is 1. The molecule has 0 radical (unpaired) electrons. The molecule has 1 atom stereocenters. The lowest BCUT2D eigenvalue weighted by Gasteiger charge is -2.38. The van der Waals surface area contributed by atoms with E-state index < -0.39 is 29.4 Å². The molecule has 136 valence electrons. The maximum absolute atomic E-state index is 13.9. The van der Waals surface area contributed by atoms with Crippen LogP contribution in [0.25, 0.3) is 6.08 Å². The molecule has 1 aliphatic rings. The second kappa shape index (κ2) is 6.37. The van der Waals surface area contributed by atoms with Gasteiger partial charge in [0.2, 0.25) is 5.88 Å². The van der Waals surface area contributed by atoms with Gasteiger partial charge in [-0.2, -0.15) is 13.2 Å². The first kappa shape index (κ1) is 18.3. The molecule has 5 nitrogen and oxygen atoms in total. The molecule has 0 fully saturated rings. The van der Waals surface area contributed by atoms with Crippen LogP contribution >= 0.6 is 23.2 Å². The molecule has 0 bridgehead atoms. The number of aliphatic carboxylic acids is 1. The van der Waals surface area contributed by atoms with Crippen molar-refractivity contribution in [2.24, 2.45) is 0 Å². The van der Waals surface area contributed by atoms with Gasteiger partial charge in [-0.1, -0.05) is 41.4 Å². The number of benzene rings is 1. The predicted octanol–water partition coefficient (Wildman–Crippen LogP) is 4.59. The van der Waals surface area contributed by atoms with E-state index in [0.29, 0.717) is 0 Å². The summed E-state index contributed by atoms with van der Waals surface area (Å²) < 4.78 is 51.7. The van der Waals surface area contributed by atoms with Crippen molar-refractivity contribution in [2.45, 2.75) is 12.0 Å². The number of aromatic nitrogens is 1. The highest BCUT2D eigenvalue weighted by Crippen LogP contribution is 2.46. The third-order valence-corrected chi connectivity index (χ3v) is 4.17. The number of pyridine rings is 1. The van der Waals surface area contributed by atoms with E-state index in [1.54, 1.807) is 0 Å². The summed E-state index contributed by atoms with van der Waals surface area (Å²) in [5.74, 6) is -6.29. The summed E-state index contributed by atoms with van der Waals surface area (Å²) in [7, 11) is 0. The van der Waals surface area contributed by atoms with Gasteiger partial charge in [0.05, 0.1) is 16.2 Å². The standard InChI is InChI=1S/C16H8Cl2F3NO4/c17-10-6-13(22-7-11(10)18)26-15(16(19,20)21)9(14(23)24)5-8-3-1-2-4-12(8)25-15/h1-7H,(H,23,24). The third kappa shape index (κ3) is 3.06. The Morgan fingerprint density at radius 3 is 2.54 bits per heavy atom. The second-order valence-electron chi connectivity index (χ2n) is 5.16. The minimum absolute atomic E-state index is 0.0102. The Balaban J connectivity index is 2.18. The third-order valence-electron chi connectivity index (χ3n) is 3.46. The van der Waals surface area contributed by atoms with Gasteiger partial charge in [-0.25, -0.2) is 9.78 Å². The van der Waals surface area contributed by atoms with Gasteiger partial charge in [-0.15, -0.1) is 0 Å². The molecule has 1 unspecified atom stereocenters. The maximum atomic E-state index is 13.9.